The number of nitrogens with zero attached hydrogens (tertiary/aromatic N) is 3. The number of rotatable bonds is 5. The highest BCUT2D eigenvalue weighted by molar-refractivity contribution is 7.92. The Morgan fingerprint density at radius 1 is 1.21 bits per heavy atom. The molecule has 124 valence electrons. The van der Waals surface area contributed by atoms with Gasteiger partial charge in [-0.3, -0.25) is 4.79 Å². The summed E-state index contributed by atoms with van der Waals surface area (Å²) < 4.78 is 27.1. The summed E-state index contributed by atoms with van der Waals surface area (Å²) in [7, 11) is -3.94. The molecule has 0 unspecified atom stereocenters. The number of carbonyl (C=O) groups excluding carboxylic acids is 1. The number of fused-ring (bicyclic) bond motifs is 1. The van der Waals surface area contributed by atoms with E-state index in [-0.39, 0.29) is 10.8 Å². The van der Waals surface area contributed by atoms with Crippen LogP contribution in [0.15, 0.2) is 41.3 Å². The Hall–Kier alpha value is -2.39. The number of benzene rings is 1. The summed E-state index contributed by atoms with van der Waals surface area (Å²) in [4.78, 5) is 23.6. The van der Waals surface area contributed by atoms with Crippen LogP contribution in [-0.2, 0) is 14.8 Å². The molecule has 0 atom stereocenters. The lowest BCUT2D eigenvalue weighted by molar-refractivity contribution is -0.119. The zero-order valence-electron chi connectivity index (χ0n) is 12.8. The highest BCUT2D eigenvalue weighted by Gasteiger charge is 2.22. The van der Waals surface area contributed by atoms with E-state index in [2.05, 4.69) is 15.0 Å². The minimum absolute atomic E-state index is 0.122. The molecule has 1 N–H and O–H groups in total. The molecule has 9 heteroatoms. The summed E-state index contributed by atoms with van der Waals surface area (Å²) >= 11 is 1.02. The van der Waals surface area contributed by atoms with E-state index in [0.29, 0.717) is 11.9 Å². The molecule has 1 aromatic carbocycles. The van der Waals surface area contributed by atoms with E-state index >= 15 is 0 Å². The maximum Gasteiger partial charge on any atom is 0.291 e. The smallest absolute Gasteiger partial charge is 0.274 e. The standard InChI is InChI=1S/C15H14N4O3S2/c1-2-3-14(20)19-24(21,22)15-18-12-6-10(4-5-13(12)23-15)11-7-16-9-17-8-11/h4-9H,2-3H2,1H3,(H,19,20). The molecule has 24 heavy (non-hydrogen) atoms. The van der Waals surface area contributed by atoms with Gasteiger partial charge in [-0.15, -0.1) is 11.3 Å². The van der Waals surface area contributed by atoms with Gasteiger partial charge in [0.15, 0.2) is 0 Å². The van der Waals surface area contributed by atoms with Gasteiger partial charge in [0.25, 0.3) is 10.0 Å². The third-order valence-corrected chi connectivity index (χ3v) is 6.00. The van der Waals surface area contributed by atoms with Crippen molar-refractivity contribution >= 4 is 37.5 Å². The fraction of sp³-hybridized carbons (Fsp3) is 0.200. The summed E-state index contributed by atoms with van der Waals surface area (Å²) in [6, 6.07) is 5.42. The molecule has 7 nitrogen and oxygen atoms in total. The van der Waals surface area contributed by atoms with Crippen molar-refractivity contribution in [2.45, 2.75) is 24.1 Å². The maximum atomic E-state index is 12.2. The fourth-order valence-electron chi connectivity index (χ4n) is 2.12. The lowest BCUT2D eigenvalue weighted by Gasteiger charge is -2.02. The van der Waals surface area contributed by atoms with Gasteiger partial charge in [-0.05, 0) is 24.1 Å². The first-order chi connectivity index (χ1) is 11.5. The number of sulfonamides is 1. The molecule has 3 aromatic rings. The average Bonchev–Trinajstić information content (AvgIpc) is 2.99. The zero-order chi connectivity index (χ0) is 17.2. The highest BCUT2D eigenvalue weighted by atomic mass is 32.2. The molecule has 1 amide bonds. The van der Waals surface area contributed by atoms with Crippen LogP contribution in [0.2, 0.25) is 0 Å². The SMILES string of the molecule is CCCC(=O)NS(=O)(=O)c1nc2cc(-c3cncnc3)ccc2s1. The van der Waals surface area contributed by atoms with Crippen LogP contribution in [-0.4, -0.2) is 29.3 Å². The average molecular weight is 362 g/mol. The molecule has 0 radical (unpaired) electrons. The monoisotopic (exact) mass is 362 g/mol. The normalized spacial score (nSPS) is 11.5. The van der Waals surface area contributed by atoms with Crippen LogP contribution in [0.1, 0.15) is 19.8 Å². The molecular formula is C15H14N4O3S2. The van der Waals surface area contributed by atoms with Crippen molar-refractivity contribution in [1.29, 1.82) is 0 Å². The van der Waals surface area contributed by atoms with Crippen LogP contribution in [0.4, 0.5) is 0 Å². The molecule has 0 aliphatic heterocycles. The summed E-state index contributed by atoms with van der Waals surface area (Å²) in [6.45, 7) is 1.80. The first-order valence-corrected chi connectivity index (χ1v) is 9.51. The Morgan fingerprint density at radius 3 is 2.67 bits per heavy atom. The molecule has 0 bridgehead atoms. The Labute approximate surface area is 142 Å². The van der Waals surface area contributed by atoms with E-state index in [1.807, 2.05) is 10.8 Å². The number of hydrogen-bond donors (Lipinski definition) is 1. The summed E-state index contributed by atoms with van der Waals surface area (Å²) in [6.07, 6.45) is 5.51. The second kappa shape index (κ2) is 6.62. The lowest BCUT2D eigenvalue weighted by atomic mass is 10.1. The summed E-state index contributed by atoms with van der Waals surface area (Å²) in [5, 5.41) is 0. The van der Waals surface area contributed by atoms with E-state index in [1.54, 1.807) is 31.5 Å². The number of carbonyl (C=O) groups is 1. The number of thiazole rings is 1. The van der Waals surface area contributed by atoms with Crippen LogP contribution in [0.5, 0.6) is 0 Å². The minimum atomic E-state index is -3.94. The Bertz CT molecular complexity index is 984. The van der Waals surface area contributed by atoms with Crippen LogP contribution >= 0.6 is 11.3 Å². The molecule has 0 fully saturated rings. The number of nitrogens with one attached hydrogen (secondary N) is 1. The van der Waals surface area contributed by atoms with Crippen LogP contribution < -0.4 is 4.72 Å². The topological polar surface area (TPSA) is 102 Å². The van der Waals surface area contributed by atoms with Crippen molar-refractivity contribution in [3.05, 3.63) is 36.9 Å². The van der Waals surface area contributed by atoms with E-state index < -0.39 is 15.9 Å². The van der Waals surface area contributed by atoms with E-state index in [0.717, 1.165) is 27.2 Å². The van der Waals surface area contributed by atoms with Gasteiger partial charge < -0.3 is 0 Å². The van der Waals surface area contributed by atoms with Crippen molar-refractivity contribution in [2.75, 3.05) is 0 Å². The van der Waals surface area contributed by atoms with Crippen molar-refractivity contribution in [2.24, 2.45) is 0 Å². The maximum absolute atomic E-state index is 12.2. The van der Waals surface area contributed by atoms with Crippen molar-refractivity contribution in [1.82, 2.24) is 19.7 Å². The zero-order valence-corrected chi connectivity index (χ0v) is 14.4. The van der Waals surface area contributed by atoms with Gasteiger partial charge in [-0.2, -0.15) is 8.42 Å². The fourth-order valence-corrected chi connectivity index (χ4v) is 4.34. The molecule has 2 aromatic heterocycles. The number of hydrogen-bond acceptors (Lipinski definition) is 7. The quantitative estimate of drug-likeness (QED) is 0.747. The van der Waals surface area contributed by atoms with E-state index in [1.165, 1.54) is 6.33 Å². The van der Waals surface area contributed by atoms with Gasteiger partial charge >= 0.3 is 0 Å². The molecule has 0 spiro atoms. The Balaban J connectivity index is 1.96. The molecule has 2 heterocycles. The second-order valence-electron chi connectivity index (χ2n) is 5.07. The van der Waals surface area contributed by atoms with Crippen molar-refractivity contribution in [3.8, 4) is 11.1 Å². The van der Waals surface area contributed by atoms with E-state index in [9.17, 15) is 13.2 Å². The lowest BCUT2D eigenvalue weighted by Crippen LogP contribution is -2.30. The largest absolute Gasteiger partial charge is 0.291 e. The Kier molecular flexibility index (Phi) is 4.54. The van der Waals surface area contributed by atoms with Gasteiger partial charge in [-0.25, -0.2) is 19.7 Å². The predicted molar refractivity (Wildman–Crippen MR) is 90.9 cm³/mol. The van der Waals surface area contributed by atoms with Gasteiger partial charge in [-0.1, -0.05) is 13.0 Å². The molecule has 3 rings (SSSR count). The number of amides is 1. The summed E-state index contributed by atoms with van der Waals surface area (Å²) in [5.41, 5.74) is 2.20. The Morgan fingerprint density at radius 2 is 1.96 bits per heavy atom. The minimum Gasteiger partial charge on any atom is -0.274 e. The third-order valence-electron chi connectivity index (χ3n) is 3.22. The van der Waals surface area contributed by atoms with Crippen molar-refractivity contribution < 1.29 is 13.2 Å². The molecular weight excluding hydrogens is 348 g/mol. The third kappa shape index (κ3) is 3.41. The summed E-state index contributed by atoms with van der Waals surface area (Å²) in [5.74, 6) is -0.529. The van der Waals surface area contributed by atoms with Crippen LogP contribution in [0, 0.1) is 0 Å². The number of aromatic nitrogens is 3. The highest BCUT2D eigenvalue weighted by Crippen LogP contribution is 2.29. The van der Waals surface area contributed by atoms with Crippen LogP contribution in [0.3, 0.4) is 0 Å². The van der Waals surface area contributed by atoms with Crippen LogP contribution in [0.25, 0.3) is 21.3 Å². The first kappa shape index (κ1) is 16.5. The molecule has 0 saturated heterocycles. The van der Waals surface area contributed by atoms with Gasteiger partial charge in [0.05, 0.1) is 10.2 Å². The predicted octanol–water partition coefficient (Wildman–Crippen LogP) is 2.36. The van der Waals surface area contributed by atoms with Gasteiger partial charge in [0, 0.05) is 24.4 Å². The first-order valence-electron chi connectivity index (χ1n) is 7.21. The van der Waals surface area contributed by atoms with Gasteiger partial charge in [0.1, 0.15) is 6.33 Å². The molecule has 0 aliphatic carbocycles. The second-order valence-corrected chi connectivity index (χ2v) is 7.95. The van der Waals surface area contributed by atoms with Crippen molar-refractivity contribution in [3.63, 3.8) is 0 Å². The van der Waals surface area contributed by atoms with Gasteiger partial charge in [0.2, 0.25) is 10.2 Å². The molecule has 0 saturated carbocycles. The van der Waals surface area contributed by atoms with E-state index in [4.69, 9.17) is 0 Å². The molecule has 0 aliphatic rings.